The lowest BCUT2D eigenvalue weighted by atomic mass is 9.71. The quantitative estimate of drug-likeness (QED) is 0.600. The van der Waals surface area contributed by atoms with E-state index in [9.17, 15) is 15.3 Å². The summed E-state index contributed by atoms with van der Waals surface area (Å²) in [4.78, 5) is 5.26. The standard InChI is InChI=1S/C12H25NO5/c1-12(2,3)8-7(6-14)17-11(18-13(4)5)10(16)9(8)15/h7-11,14-16H,6H2,1-5H3. The summed E-state index contributed by atoms with van der Waals surface area (Å²) in [6.07, 6.45) is -3.67. The average Bonchev–Trinajstić information content (AvgIpc) is 2.21. The Bertz CT molecular complexity index is 264. The highest BCUT2D eigenvalue weighted by Gasteiger charge is 2.49. The molecule has 6 heteroatoms. The van der Waals surface area contributed by atoms with Crippen LogP contribution >= 0.6 is 0 Å². The van der Waals surface area contributed by atoms with E-state index in [1.807, 2.05) is 20.8 Å². The number of aliphatic hydroxyl groups is 3. The van der Waals surface area contributed by atoms with Gasteiger partial charge in [-0.2, -0.15) is 5.06 Å². The average molecular weight is 263 g/mol. The summed E-state index contributed by atoms with van der Waals surface area (Å²) in [6.45, 7) is 5.59. The first-order chi connectivity index (χ1) is 8.18. The Morgan fingerprint density at radius 3 is 2.11 bits per heavy atom. The monoisotopic (exact) mass is 263 g/mol. The second kappa shape index (κ2) is 5.81. The van der Waals surface area contributed by atoms with Gasteiger partial charge < -0.3 is 20.1 Å². The number of nitrogens with zero attached hydrogens (tertiary/aromatic N) is 1. The van der Waals surface area contributed by atoms with Gasteiger partial charge in [0.05, 0.1) is 18.8 Å². The highest BCUT2D eigenvalue weighted by molar-refractivity contribution is 4.94. The van der Waals surface area contributed by atoms with Crippen molar-refractivity contribution in [1.29, 1.82) is 0 Å². The lowest BCUT2D eigenvalue weighted by Crippen LogP contribution is -2.60. The molecule has 5 atom stereocenters. The molecule has 1 heterocycles. The summed E-state index contributed by atoms with van der Waals surface area (Å²) in [6, 6.07) is 0. The van der Waals surface area contributed by atoms with Crippen molar-refractivity contribution in [2.45, 2.75) is 45.4 Å². The van der Waals surface area contributed by atoms with E-state index >= 15 is 0 Å². The van der Waals surface area contributed by atoms with Crippen LogP contribution in [-0.2, 0) is 9.57 Å². The van der Waals surface area contributed by atoms with Crippen LogP contribution in [0.1, 0.15) is 20.8 Å². The molecule has 0 saturated carbocycles. The van der Waals surface area contributed by atoms with E-state index in [0.717, 1.165) is 0 Å². The zero-order valence-corrected chi connectivity index (χ0v) is 11.7. The lowest BCUT2D eigenvalue weighted by molar-refractivity contribution is -0.353. The van der Waals surface area contributed by atoms with E-state index < -0.39 is 24.6 Å². The van der Waals surface area contributed by atoms with Crippen LogP contribution in [0, 0.1) is 11.3 Å². The summed E-state index contributed by atoms with van der Waals surface area (Å²) in [5.74, 6) is -0.362. The zero-order chi connectivity index (χ0) is 14.1. The molecule has 5 unspecified atom stereocenters. The molecule has 18 heavy (non-hydrogen) atoms. The van der Waals surface area contributed by atoms with Gasteiger partial charge in [-0.1, -0.05) is 20.8 Å². The number of hydroxylamine groups is 2. The van der Waals surface area contributed by atoms with Crippen molar-refractivity contribution in [2.75, 3.05) is 20.7 Å². The Labute approximate surface area is 108 Å². The predicted octanol–water partition coefficient (Wildman–Crippen LogP) is -0.419. The van der Waals surface area contributed by atoms with Gasteiger partial charge in [-0.3, -0.25) is 4.84 Å². The molecule has 0 spiro atoms. The molecule has 6 nitrogen and oxygen atoms in total. The van der Waals surface area contributed by atoms with Gasteiger partial charge in [0.25, 0.3) is 0 Å². The van der Waals surface area contributed by atoms with Crippen molar-refractivity contribution in [3.05, 3.63) is 0 Å². The molecule has 0 bridgehead atoms. The van der Waals surface area contributed by atoms with Gasteiger partial charge in [-0.15, -0.1) is 0 Å². The Morgan fingerprint density at radius 1 is 1.17 bits per heavy atom. The van der Waals surface area contributed by atoms with Crippen LogP contribution in [-0.4, -0.2) is 65.7 Å². The molecular weight excluding hydrogens is 238 g/mol. The highest BCUT2D eigenvalue weighted by atomic mass is 16.8. The van der Waals surface area contributed by atoms with Gasteiger partial charge in [-0.05, 0) is 5.41 Å². The van der Waals surface area contributed by atoms with Gasteiger partial charge in [0, 0.05) is 20.0 Å². The van der Waals surface area contributed by atoms with Crippen molar-refractivity contribution in [2.24, 2.45) is 11.3 Å². The summed E-state index contributed by atoms with van der Waals surface area (Å²) in [7, 11) is 3.32. The van der Waals surface area contributed by atoms with Crippen LogP contribution < -0.4 is 0 Å². The molecule has 1 rings (SSSR count). The SMILES string of the molecule is CN(C)OC1OC(CO)C(C(C)(C)C)C(O)C1O. The predicted molar refractivity (Wildman–Crippen MR) is 65.5 cm³/mol. The van der Waals surface area contributed by atoms with Gasteiger partial charge in [0.1, 0.15) is 6.10 Å². The molecule has 108 valence electrons. The first-order valence-corrected chi connectivity index (χ1v) is 6.15. The molecule has 1 fully saturated rings. The minimum Gasteiger partial charge on any atom is -0.394 e. The Morgan fingerprint density at radius 2 is 1.72 bits per heavy atom. The van der Waals surface area contributed by atoms with Gasteiger partial charge >= 0.3 is 0 Å². The van der Waals surface area contributed by atoms with E-state index in [1.54, 1.807) is 14.1 Å². The number of ether oxygens (including phenoxy) is 1. The molecule has 1 aliphatic rings. The minimum atomic E-state index is -1.14. The van der Waals surface area contributed by atoms with Crippen LogP contribution in [0.3, 0.4) is 0 Å². The van der Waals surface area contributed by atoms with E-state index in [4.69, 9.17) is 9.57 Å². The molecule has 1 aliphatic heterocycles. The molecule has 3 N–H and O–H groups in total. The molecule has 0 radical (unpaired) electrons. The third-order valence-electron chi connectivity index (χ3n) is 3.20. The maximum absolute atomic E-state index is 10.2. The summed E-state index contributed by atoms with van der Waals surface area (Å²) >= 11 is 0. The third-order valence-corrected chi connectivity index (χ3v) is 3.20. The van der Waals surface area contributed by atoms with Crippen molar-refractivity contribution in [1.82, 2.24) is 5.06 Å². The largest absolute Gasteiger partial charge is 0.394 e. The second-order valence-corrected chi connectivity index (χ2v) is 6.02. The van der Waals surface area contributed by atoms with Crippen LogP contribution in [0.5, 0.6) is 0 Å². The normalized spacial score (nSPS) is 38.2. The molecule has 0 aromatic heterocycles. The number of hydrogen-bond acceptors (Lipinski definition) is 6. The highest BCUT2D eigenvalue weighted by Crippen LogP contribution is 2.38. The number of rotatable bonds is 3. The number of hydrogen-bond donors (Lipinski definition) is 3. The lowest BCUT2D eigenvalue weighted by Gasteiger charge is -2.47. The molecule has 0 aromatic carbocycles. The van der Waals surface area contributed by atoms with Crippen molar-refractivity contribution in [3.8, 4) is 0 Å². The maximum Gasteiger partial charge on any atom is 0.206 e. The van der Waals surface area contributed by atoms with Gasteiger partial charge in [0.15, 0.2) is 0 Å². The smallest absolute Gasteiger partial charge is 0.206 e. The van der Waals surface area contributed by atoms with Crippen molar-refractivity contribution < 1.29 is 24.9 Å². The van der Waals surface area contributed by atoms with Crippen molar-refractivity contribution in [3.63, 3.8) is 0 Å². The molecular formula is C12H25NO5. The summed E-state index contributed by atoms with van der Waals surface area (Å²) in [5, 5.41) is 31.0. The molecule has 0 aliphatic carbocycles. The van der Waals surface area contributed by atoms with Gasteiger partial charge in [-0.25, -0.2) is 0 Å². The number of aliphatic hydroxyl groups excluding tert-OH is 3. The fourth-order valence-electron chi connectivity index (χ4n) is 2.45. The second-order valence-electron chi connectivity index (χ2n) is 6.02. The van der Waals surface area contributed by atoms with Crippen LogP contribution in [0.15, 0.2) is 0 Å². The molecule has 0 amide bonds. The van der Waals surface area contributed by atoms with Crippen LogP contribution in [0.4, 0.5) is 0 Å². The van der Waals surface area contributed by atoms with E-state index in [2.05, 4.69) is 0 Å². The van der Waals surface area contributed by atoms with Crippen LogP contribution in [0.2, 0.25) is 0 Å². The Kier molecular flexibility index (Phi) is 5.11. The topological polar surface area (TPSA) is 82.4 Å². The summed E-state index contributed by atoms with van der Waals surface area (Å²) in [5.41, 5.74) is -0.295. The van der Waals surface area contributed by atoms with Gasteiger partial charge in [0.2, 0.25) is 6.29 Å². The minimum absolute atomic E-state index is 0.223. The molecule has 0 aromatic rings. The zero-order valence-electron chi connectivity index (χ0n) is 11.7. The van der Waals surface area contributed by atoms with Crippen LogP contribution in [0.25, 0.3) is 0 Å². The maximum atomic E-state index is 10.2. The van der Waals surface area contributed by atoms with E-state index in [-0.39, 0.29) is 17.9 Å². The summed E-state index contributed by atoms with van der Waals surface area (Å²) < 4.78 is 5.54. The third kappa shape index (κ3) is 3.40. The van der Waals surface area contributed by atoms with E-state index in [1.165, 1.54) is 5.06 Å². The Hall–Kier alpha value is -0.240. The van der Waals surface area contributed by atoms with E-state index in [0.29, 0.717) is 0 Å². The molecule has 1 saturated heterocycles. The Balaban J connectivity index is 2.88. The van der Waals surface area contributed by atoms with Crippen molar-refractivity contribution >= 4 is 0 Å². The first-order valence-electron chi connectivity index (χ1n) is 6.15. The fraction of sp³-hybridized carbons (Fsp3) is 1.00. The fourth-order valence-corrected chi connectivity index (χ4v) is 2.45. The first kappa shape index (κ1) is 15.8.